The van der Waals surface area contributed by atoms with E-state index in [1.165, 1.54) is 40.5 Å². The molecule has 10 nitrogen and oxygen atoms in total. The third-order valence-electron chi connectivity index (χ3n) is 6.50. The Morgan fingerprint density at radius 1 is 1.05 bits per heavy atom. The minimum Gasteiger partial charge on any atom is -0.457 e. The molecule has 5 N–H and O–H groups in total. The van der Waals surface area contributed by atoms with E-state index in [9.17, 15) is 18.8 Å². The van der Waals surface area contributed by atoms with Crippen molar-refractivity contribution in [2.45, 2.75) is 44.8 Å². The first kappa shape index (κ1) is 32.2. The van der Waals surface area contributed by atoms with Gasteiger partial charge in [-0.1, -0.05) is 0 Å². The van der Waals surface area contributed by atoms with Crippen LogP contribution in [0.15, 0.2) is 60.7 Å². The Kier molecular flexibility index (Phi) is 11.6. The highest BCUT2D eigenvalue weighted by atomic mass is 32.1. The molecule has 1 aliphatic heterocycles. The number of nitrogens with zero attached hydrogens (tertiary/aromatic N) is 1. The number of hydrogen-bond donors (Lipinski definition) is 4. The number of likely N-dealkylation sites (tertiary alicyclic amines) is 1. The largest absolute Gasteiger partial charge is 0.457 e. The molecule has 2 heterocycles. The number of halogens is 1. The number of amides is 3. The number of carbonyl (C=O) groups is 3. The number of nitrogen functional groups attached to an aromatic ring is 1. The molecule has 3 atom stereocenters. The lowest BCUT2D eigenvalue weighted by Crippen LogP contribution is -2.51. The van der Waals surface area contributed by atoms with E-state index >= 15 is 0 Å². The average Bonchev–Trinajstić information content (AvgIpc) is 3.61. The van der Waals surface area contributed by atoms with Crippen LogP contribution in [0, 0.1) is 11.2 Å². The molecule has 12 heteroatoms. The third-order valence-corrected chi connectivity index (χ3v) is 7.80. The van der Waals surface area contributed by atoms with Crippen molar-refractivity contribution in [3.8, 4) is 11.5 Å². The van der Waals surface area contributed by atoms with Crippen LogP contribution < -0.4 is 21.1 Å². The molecule has 1 saturated heterocycles. The first-order chi connectivity index (χ1) is 20.0. The molecular weight excluding hydrogens is 561 g/mol. The maximum Gasteiger partial charge on any atom is 0.251 e. The van der Waals surface area contributed by atoms with Crippen LogP contribution in [0.4, 0.5) is 4.39 Å². The fourth-order valence-corrected chi connectivity index (χ4v) is 5.31. The minimum atomic E-state index is -0.637. The van der Waals surface area contributed by atoms with Crippen LogP contribution in [0.1, 0.15) is 52.8 Å². The molecule has 1 fully saturated rings. The number of thiophene rings is 1. The van der Waals surface area contributed by atoms with Gasteiger partial charge in [-0.25, -0.2) is 4.39 Å². The molecule has 3 aromatic rings. The molecule has 1 aromatic heterocycles. The molecule has 0 bridgehead atoms. The van der Waals surface area contributed by atoms with E-state index in [-0.39, 0.29) is 42.1 Å². The van der Waals surface area contributed by atoms with Gasteiger partial charge in [0, 0.05) is 30.7 Å². The van der Waals surface area contributed by atoms with Gasteiger partial charge in [0.2, 0.25) is 11.8 Å². The summed E-state index contributed by atoms with van der Waals surface area (Å²) in [6.07, 6.45) is 1.20. The summed E-state index contributed by atoms with van der Waals surface area (Å²) in [4.78, 5) is 41.8. The molecular formula is C30H36FN5O5S. The zero-order valence-corrected chi connectivity index (χ0v) is 24.8. The number of rotatable bonds is 9. The van der Waals surface area contributed by atoms with Crippen LogP contribution in [0.25, 0.3) is 0 Å². The van der Waals surface area contributed by atoms with Gasteiger partial charge in [-0.3, -0.25) is 19.8 Å². The zero-order valence-electron chi connectivity index (χ0n) is 24.0. The fraction of sp³-hybridized carbons (Fsp3) is 0.333. The van der Waals surface area contributed by atoms with Gasteiger partial charge in [-0.05, 0) is 87.4 Å². The average molecular weight is 598 g/mol. The van der Waals surface area contributed by atoms with Crippen molar-refractivity contribution in [2.24, 2.45) is 5.73 Å². The predicted molar refractivity (Wildman–Crippen MR) is 159 cm³/mol. The highest BCUT2D eigenvalue weighted by molar-refractivity contribution is 7.14. The number of benzene rings is 2. The molecule has 2 unspecified atom stereocenters. The third kappa shape index (κ3) is 8.60. The first-order valence-corrected chi connectivity index (χ1v) is 14.1. The van der Waals surface area contributed by atoms with Crippen molar-refractivity contribution >= 4 is 34.9 Å². The number of nitrogens with one attached hydrogen (secondary N) is 3. The number of carbonyl (C=O) groups excluding carboxylic acids is 3. The monoisotopic (exact) mass is 597 g/mol. The van der Waals surface area contributed by atoms with E-state index in [0.29, 0.717) is 34.8 Å². The van der Waals surface area contributed by atoms with Crippen molar-refractivity contribution in [1.82, 2.24) is 15.5 Å². The summed E-state index contributed by atoms with van der Waals surface area (Å²) in [6, 6.07) is 14.4. The Labute approximate surface area is 248 Å². The summed E-state index contributed by atoms with van der Waals surface area (Å²) < 4.78 is 22.9. The Morgan fingerprint density at radius 2 is 1.64 bits per heavy atom. The molecule has 4 rings (SSSR count). The van der Waals surface area contributed by atoms with Gasteiger partial charge in [0.1, 0.15) is 29.2 Å². The summed E-state index contributed by atoms with van der Waals surface area (Å²) >= 11 is 1.34. The number of hydrogen-bond acceptors (Lipinski definition) is 7. The quantitative estimate of drug-likeness (QED) is 0.215. The molecule has 0 spiro atoms. The Bertz CT molecular complexity index is 1380. The minimum absolute atomic E-state index is 0.0255. The number of ether oxygens (including phenoxy) is 2. The molecule has 2 aromatic carbocycles. The van der Waals surface area contributed by atoms with Gasteiger partial charge in [0.25, 0.3) is 5.91 Å². The summed E-state index contributed by atoms with van der Waals surface area (Å²) in [5, 5.41) is 13.2. The normalized spacial score (nSPS) is 16.5. The lowest BCUT2D eigenvalue weighted by Gasteiger charge is -2.29. The predicted octanol–water partition coefficient (Wildman–Crippen LogP) is 4.21. The van der Waals surface area contributed by atoms with Gasteiger partial charge in [-0.2, -0.15) is 0 Å². The van der Waals surface area contributed by atoms with Gasteiger partial charge < -0.3 is 30.7 Å². The van der Waals surface area contributed by atoms with Crippen LogP contribution in [0.2, 0.25) is 0 Å². The van der Waals surface area contributed by atoms with E-state index in [2.05, 4.69) is 15.4 Å². The number of nitrogens with two attached hydrogens (primary N) is 1. The van der Waals surface area contributed by atoms with Crippen molar-refractivity contribution in [3.05, 3.63) is 81.8 Å². The van der Waals surface area contributed by atoms with Crippen molar-refractivity contribution < 1.29 is 28.2 Å². The fourth-order valence-electron chi connectivity index (χ4n) is 4.43. The highest BCUT2D eigenvalue weighted by Crippen LogP contribution is 2.27. The lowest BCUT2D eigenvalue weighted by molar-refractivity contribution is -0.139. The van der Waals surface area contributed by atoms with Crippen molar-refractivity contribution in [1.29, 1.82) is 5.41 Å². The number of methoxy groups -OCH3 is 1. The van der Waals surface area contributed by atoms with E-state index in [1.807, 2.05) is 19.9 Å². The highest BCUT2D eigenvalue weighted by Gasteiger charge is 2.39. The second-order valence-corrected chi connectivity index (χ2v) is 10.9. The van der Waals surface area contributed by atoms with E-state index in [1.54, 1.807) is 44.6 Å². The molecule has 0 radical (unpaired) electrons. The Hall–Kier alpha value is -4.29. The summed E-state index contributed by atoms with van der Waals surface area (Å²) in [6.45, 7) is 3.48. The standard InChI is InChI=1S/C28H30FN5O4S.C2H6O/c1-16-3-12-22(28(37)33-17(2)23-13-14-24(39-23)26(30)31)34(16)25(35)15-32-27(36)18-4-8-20(9-5-18)38-21-10-6-19(29)7-11-21;1-3-2/h4-11,13-14,16-17,22H,3,12,15H2,1-2H3,(H3,30,31)(H,32,36)(H,33,37);1-2H3/t16?,17-,22?;/m1./s1. The van der Waals surface area contributed by atoms with Crippen LogP contribution in [-0.2, 0) is 14.3 Å². The summed E-state index contributed by atoms with van der Waals surface area (Å²) in [5.74, 6) is -0.490. The van der Waals surface area contributed by atoms with Crippen LogP contribution in [0.5, 0.6) is 11.5 Å². The maximum atomic E-state index is 13.1. The second-order valence-electron chi connectivity index (χ2n) is 9.76. The number of amidine groups is 1. The summed E-state index contributed by atoms with van der Waals surface area (Å²) in [7, 11) is 3.25. The van der Waals surface area contributed by atoms with Gasteiger partial charge in [-0.15, -0.1) is 11.3 Å². The lowest BCUT2D eigenvalue weighted by atomic mass is 10.1. The first-order valence-electron chi connectivity index (χ1n) is 13.3. The second kappa shape index (κ2) is 15.1. The Balaban J connectivity index is 0.00000155. The van der Waals surface area contributed by atoms with Crippen molar-refractivity contribution in [2.75, 3.05) is 20.8 Å². The zero-order chi connectivity index (χ0) is 30.8. The molecule has 3 amide bonds. The van der Waals surface area contributed by atoms with E-state index in [4.69, 9.17) is 15.9 Å². The Morgan fingerprint density at radius 3 is 2.21 bits per heavy atom. The molecule has 1 aliphatic rings. The topological polar surface area (TPSA) is 147 Å². The van der Waals surface area contributed by atoms with Gasteiger partial charge >= 0.3 is 0 Å². The van der Waals surface area contributed by atoms with Gasteiger partial charge in [0.05, 0.1) is 17.5 Å². The molecule has 0 aliphatic carbocycles. The molecule has 224 valence electrons. The van der Waals surface area contributed by atoms with Crippen LogP contribution in [-0.4, -0.2) is 61.3 Å². The van der Waals surface area contributed by atoms with E-state index < -0.39 is 11.9 Å². The van der Waals surface area contributed by atoms with Crippen molar-refractivity contribution in [3.63, 3.8) is 0 Å². The van der Waals surface area contributed by atoms with Gasteiger partial charge in [0.15, 0.2) is 0 Å². The van der Waals surface area contributed by atoms with Crippen LogP contribution in [0.3, 0.4) is 0 Å². The smallest absolute Gasteiger partial charge is 0.251 e. The molecule has 0 saturated carbocycles. The van der Waals surface area contributed by atoms with Crippen LogP contribution >= 0.6 is 11.3 Å². The summed E-state index contributed by atoms with van der Waals surface area (Å²) in [5.41, 5.74) is 5.88. The van der Waals surface area contributed by atoms with E-state index in [0.717, 1.165) is 4.88 Å². The SMILES string of the molecule is CC1CCC(C(=O)N[C@H](C)c2ccc(C(=N)N)s2)N1C(=O)CNC(=O)c1ccc(Oc2ccc(F)cc2)cc1.COC. The molecule has 42 heavy (non-hydrogen) atoms. The maximum absolute atomic E-state index is 13.1.